The summed E-state index contributed by atoms with van der Waals surface area (Å²) in [7, 11) is 0. The van der Waals surface area contributed by atoms with Crippen molar-refractivity contribution in [2.24, 2.45) is 4.99 Å². The number of rotatable bonds is 5. The van der Waals surface area contributed by atoms with E-state index < -0.39 is 5.41 Å². The van der Waals surface area contributed by atoms with Crippen LogP contribution in [0.1, 0.15) is 53.0 Å². The second kappa shape index (κ2) is 9.84. The van der Waals surface area contributed by atoms with E-state index in [0.29, 0.717) is 0 Å². The van der Waals surface area contributed by atoms with E-state index in [4.69, 9.17) is 4.99 Å². The van der Waals surface area contributed by atoms with Crippen molar-refractivity contribution < 1.29 is 4.79 Å². The number of hydrogen-bond acceptors (Lipinski definition) is 2. The van der Waals surface area contributed by atoms with Crippen molar-refractivity contribution >= 4 is 17.2 Å². The molecule has 1 aliphatic heterocycles. The molecule has 2 aliphatic carbocycles. The smallest absolute Gasteiger partial charge is 0.158 e. The Bertz CT molecular complexity index is 2110. The van der Waals surface area contributed by atoms with Crippen molar-refractivity contribution in [2.75, 3.05) is 0 Å². The van der Waals surface area contributed by atoms with Crippen LogP contribution in [0.3, 0.4) is 0 Å². The lowest BCUT2D eigenvalue weighted by Gasteiger charge is -2.21. The first-order valence-electron chi connectivity index (χ1n) is 15.9. The summed E-state index contributed by atoms with van der Waals surface area (Å²) in [5.41, 5.74) is 14.3. The number of hydrogen-bond donors (Lipinski definition) is 0. The van der Waals surface area contributed by atoms with Crippen LogP contribution in [-0.2, 0) is 10.2 Å². The first-order chi connectivity index (χ1) is 22.2. The molecule has 3 aliphatic rings. The third-order valence-electron chi connectivity index (χ3n) is 10.2. The summed E-state index contributed by atoms with van der Waals surface area (Å²) in [5.74, 6) is 0.129. The van der Waals surface area contributed by atoms with Crippen LogP contribution in [-0.4, -0.2) is 11.5 Å². The SMILES string of the molecule is CCC1=Nc2cccc3c2C1c1ccc(-c2cc(-c4ccccc4)cc(-c4ccccc4)c2)cc1C1C(=O)C31c1ccccc1. The van der Waals surface area contributed by atoms with Gasteiger partial charge in [0.2, 0.25) is 0 Å². The average Bonchev–Trinajstić information content (AvgIpc) is 3.59. The molecule has 6 aromatic rings. The van der Waals surface area contributed by atoms with Crippen molar-refractivity contribution in [3.63, 3.8) is 0 Å². The topological polar surface area (TPSA) is 29.4 Å². The third kappa shape index (κ3) is 3.75. The minimum absolute atomic E-state index is 0.0713. The number of ketones is 1. The molecule has 9 rings (SSSR count). The highest BCUT2D eigenvalue weighted by atomic mass is 16.1. The van der Waals surface area contributed by atoms with Gasteiger partial charge in [-0.05, 0) is 91.9 Å². The Hall–Kier alpha value is -5.34. The summed E-state index contributed by atoms with van der Waals surface area (Å²) in [6.45, 7) is 2.20. The molecule has 2 heteroatoms. The van der Waals surface area contributed by atoms with Gasteiger partial charge in [0, 0.05) is 5.71 Å². The second-order valence-corrected chi connectivity index (χ2v) is 12.5. The van der Waals surface area contributed by atoms with E-state index in [1.807, 2.05) is 6.07 Å². The molecule has 0 bridgehead atoms. The standard InChI is InChI=1S/C43H31NO/c1-2-37-39-34-22-21-29(32-24-30(27-13-6-3-7-14-27)23-31(25-32)28-15-8-4-9-16-28)26-35(34)41-42(45)43(41,33-17-10-5-11-18-33)36-19-12-20-38(44-37)40(36)39/h3-26,39,41H,2H2,1H3. The van der Waals surface area contributed by atoms with Crippen LogP contribution in [0.2, 0.25) is 0 Å². The van der Waals surface area contributed by atoms with Gasteiger partial charge in [-0.3, -0.25) is 9.79 Å². The molecule has 2 nitrogen and oxygen atoms in total. The fourth-order valence-corrected chi connectivity index (χ4v) is 8.09. The lowest BCUT2D eigenvalue weighted by Crippen LogP contribution is -2.17. The fourth-order valence-electron chi connectivity index (χ4n) is 8.09. The van der Waals surface area contributed by atoms with Gasteiger partial charge >= 0.3 is 0 Å². The highest BCUT2D eigenvalue weighted by molar-refractivity contribution is 6.19. The van der Waals surface area contributed by atoms with Gasteiger partial charge in [0.05, 0.1) is 22.9 Å². The van der Waals surface area contributed by atoms with Crippen molar-refractivity contribution in [3.8, 4) is 33.4 Å². The zero-order chi connectivity index (χ0) is 30.1. The van der Waals surface area contributed by atoms with Gasteiger partial charge in [0.1, 0.15) is 0 Å². The number of benzene rings is 6. The van der Waals surface area contributed by atoms with E-state index in [1.54, 1.807) is 0 Å². The van der Waals surface area contributed by atoms with E-state index in [1.165, 1.54) is 39.1 Å². The Morgan fingerprint density at radius 3 is 1.80 bits per heavy atom. The maximum Gasteiger partial charge on any atom is 0.158 e. The van der Waals surface area contributed by atoms with Gasteiger partial charge in [-0.15, -0.1) is 0 Å². The average molecular weight is 578 g/mol. The predicted molar refractivity (Wildman–Crippen MR) is 183 cm³/mol. The molecule has 0 N–H and O–H groups in total. The Kier molecular flexibility index (Phi) is 5.70. The first-order valence-corrected chi connectivity index (χ1v) is 15.9. The molecular formula is C43H31NO. The van der Waals surface area contributed by atoms with E-state index >= 15 is 0 Å². The zero-order valence-corrected chi connectivity index (χ0v) is 25.1. The van der Waals surface area contributed by atoms with Gasteiger partial charge in [-0.25, -0.2) is 0 Å². The predicted octanol–water partition coefficient (Wildman–Crippen LogP) is 10.3. The Morgan fingerprint density at radius 1 is 0.578 bits per heavy atom. The minimum atomic E-state index is -0.686. The van der Waals surface area contributed by atoms with Crippen LogP contribution in [0.25, 0.3) is 33.4 Å². The third-order valence-corrected chi connectivity index (χ3v) is 10.2. The molecule has 0 spiro atoms. The van der Waals surface area contributed by atoms with Gasteiger partial charge in [0.25, 0.3) is 0 Å². The fraction of sp³-hybridized carbons (Fsp3) is 0.116. The van der Waals surface area contributed by atoms with Gasteiger partial charge in [-0.2, -0.15) is 0 Å². The van der Waals surface area contributed by atoms with Crippen molar-refractivity contribution in [3.05, 3.63) is 173 Å². The summed E-state index contributed by atoms with van der Waals surface area (Å²) in [6.07, 6.45) is 0.872. The van der Waals surface area contributed by atoms with Crippen molar-refractivity contribution in [2.45, 2.75) is 30.6 Å². The van der Waals surface area contributed by atoms with E-state index in [0.717, 1.165) is 39.9 Å². The lowest BCUT2D eigenvalue weighted by atomic mass is 9.79. The van der Waals surface area contributed by atoms with Gasteiger partial charge in [0.15, 0.2) is 5.78 Å². The van der Waals surface area contributed by atoms with Crippen molar-refractivity contribution in [1.29, 1.82) is 0 Å². The molecule has 6 aromatic carbocycles. The highest BCUT2D eigenvalue weighted by Gasteiger charge is 2.70. The molecule has 0 amide bonds. The lowest BCUT2D eigenvalue weighted by molar-refractivity contribution is -0.111. The highest BCUT2D eigenvalue weighted by Crippen LogP contribution is 2.67. The number of Topliss-reactive ketones (excluding diaryl/α,β-unsaturated/α-hetero) is 1. The number of nitrogens with zero attached hydrogens (tertiary/aromatic N) is 1. The maximum atomic E-state index is 14.4. The summed E-state index contributed by atoms with van der Waals surface area (Å²) in [6, 6.07) is 51.7. The Morgan fingerprint density at radius 2 is 1.18 bits per heavy atom. The number of aliphatic imine (C=N–C) groups is 1. The molecule has 0 radical (unpaired) electrons. The van der Waals surface area contributed by atoms with Crippen LogP contribution in [0.5, 0.6) is 0 Å². The van der Waals surface area contributed by atoms with Crippen LogP contribution in [0.4, 0.5) is 5.69 Å². The van der Waals surface area contributed by atoms with E-state index in [9.17, 15) is 4.79 Å². The van der Waals surface area contributed by atoms with Crippen LogP contribution >= 0.6 is 0 Å². The molecular weight excluding hydrogens is 546 g/mol. The quantitative estimate of drug-likeness (QED) is 0.200. The van der Waals surface area contributed by atoms with Gasteiger partial charge < -0.3 is 0 Å². The first kappa shape index (κ1) is 26.1. The maximum absolute atomic E-state index is 14.4. The molecule has 214 valence electrons. The van der Waals surface area contributed by atoms with Crippen molar-refractivity contribution in [1.82, 2.24) is 0 Å². The minimum Gasteiger partial charge on any atom is -0.298 e. The molecule has 1 fully saturated rings. The number of carbonyl (C=O) groups excluding carboxylic acids is 1. The molecule has 3 atom stereocenters. The Labute approximate surface area is 263 Å². The second-order valence-electron chi connectivity index (χ2n) is 12.5. The summed E-state index contributed by atoms with van der Waals surface area (Å²) < 4.78 is 0. The number of carbonyl (C=O) groups is 1. The zero-order valence-electron chi connectivity index (χ0n) is 25.1. The molecule has 0 aromatic heterocycles. The monoisotopic (exact) mass is 577 g/mol. The Balaban J connectivity index is 1.28. The molecule has 0 saturated heterocycles. The van der Waals surface area contributed by atoms with Crippen LogP contribution in [0.15, 0.2) is 151 Å². The summed E-state index contributed by atoms with van der Waals surface area (Å²) in [5, 5.41) is 0. The molecule has 45 heavy (non-hydrogen) atoms. The normalized spacial score (nSPS) is 20.5. The largest absolute Gasteiger partial charge is 0.298 e. The number of fused-ring (bicyclic) bond motifs is 5. The molecule has 3 unspecified atom stereocenters. The molecule has 1 saturated carbocycles. The van der Waals surface area contributed by atoms with Crippen LogP contribution < -0.4 is 0 Å². The van der Waals surface area contributed by atoms with Gasteiger partial charge in [-0.1, -0.05) is 128 Å². The molecule has 1 heterocycles. The summed E-state index contributed by atoms with van der Waals surface area (Å²) >= 11 is 0. The summed E-state index contributed by atoms with van der Waals surface area (Å²) in [4.78, 5) is 19.5. The van der Waals surface area contributed by atoms with E-state index in [-0.39, 0.29) is 17.6 Å². The van der Waals surface area contributed by atoms with Crippen LogP contribution in [0, 0.1) is 0 Å². The van der Waals surface area contributed by atoms with E-state index in [2.05, 4.69) is 146 Å².